The van der Waals surface area contributed by atoms with Crippen molar-refractivity contribution in [1.82, 2.24) is 4.98 Å². The van der Waals surface area contributed by atoms with Crippen molar-refractivity contribution in [2.24, 2.45) is 0 Å². The lowest BCUT2D eigenvalue weighted by atomic mass is 9.89. The number of halogens is 2. The van der Waals surface area contributed by atoms with Crippen LogP contribution in [0.25, 0.3) is 0 Å². The molecule has 0 fully saturated rings. The van der Waals surface area contributed by atoms with Crippen LogP contribution >= 0.6 is 0 Å². The van der Waals surface area contributed by atoms with Crippen molar-refractivity contribution in [3.63, 3.8) is 0 Å². The van der Waals surface area contributed by atoms with E-state index >= 15 is 0 Å². The van der Waals surface area contributed by atoms with Crippen LogP contribution in [0.4, 0.5) is 8.78 Å². The Labute approximate surface area is 103 Å². The highest BCUT2D eigenvalue weighted by Gasteiger charge is 2.22. The molecule has 0 bridgehead atoms. The van der Waals surface area contributed by atoms with Gasteiger partial charge in [0.1, 0.15) is 11.6 Å². The Kier molecular flexibility index (Phi) is 3.46. The molecule has 1 unspecified atom stereocenters. The van der Waals surface area contributed by atoms with E-state index in [0.717, 1.165) is 0 Å². The average Bonchev–Trinajstić information content (AvgIpc) is 2.34. The highest BCUT2D eigenvalue weighted by molar-refractivity contribution is 5.86. The minimum atomic E-state index is -0.751. The van der Waals surface area contributed by atoms with Crippen molar-refractivity contribution in [2.45, 2.75) is 12.8 Å². The number of ketones is 1. The van der Waals surface area contributed by atoms with Gasteiger partial charge in [0.25, 0.3) is 0 Å². The van der Waals surface area contributed by atoms with E-state index in [2.05, 4.69) is 4.98 Å². The Balaban J connectivity index is 2.50. The van der Waals surface area contributed by atoms with E-state index in [0.29, 0.717) is 5.56 Å². The minimum Gasteiger partial charge on any atom is -0.299 e. The van der Waals surface area contributed by atoms with Gasteiger partial charge in [0.2, 0.25) is 5.95 Å². The normalized spacial score (nSPS) is 12.2. The molecule has 4 heteroatoms. The van der Waals surface area contributed by atoms with Crippen LogP contribution in [-0.2, 0) is 4.79 Å². The Morgan fingerprint density at radius 3 is 2.39 bits per heavy atom. The first-order valence-electron chi connectivity index (χ1n) is 5.46. The molecule has 1 aromatic heterocycles. The number of carbonyl (C=O) groups excluding carboxylic acids is 1. The SMILES string of the molecule is CC(=O)C(c1ccc(F)cc1)c1cccnc1F. The van der Waals surface area contributed by atoms with Gasteiger partial charge in [0.05, 0.1) is 5.92 Å². The second kappa shape index (κ2) is 5.04. The summed E-state index contributed by atoms with van der Waals surface area (Å²) in [4.78, 5) is 15.2. The molecule has 0 spiro atoms. The first-order chi connectivity index (χ1) is 8.59. The van der Waals surface area contributed by atoms with Crippen molar-refractivity contribution < 1.29 is 13.6 Å². The molecule has 1 atom stereocenters. The number of pyridine rings is 1. The smallest absolute Gasteiger partial charge is 0.217 e. The van der Waals surface area contributed by atoms with Crippen LogP contribution in [0.1, 0.15) is 24.0 Å². The third-order valence-electron chi connectivity index (χ3n) is 2.71. The molecule has 0 aliphatic carbocycles. The molecule has 0 saturated carbocycles. The van der Waals surface area contributed by atoms with Gasteiger partial charge in [-0.05, 0) is 30.7 Å². The fraction of sp³-hybridized carbons (Fsp3) is 0.143. The Morgan fingerprint density at radius 1 is 1.17 bits per heavy atom. The number of carbonyl (C=O) groups is 1. The number of aromatic nitrogens is 1. The van der Waals surface area contributed by atoms with Crippen LogP contribution in [0.15, 0.2) is 42.6 Å². The molecule has 0 N–H and O–H groups in total. The molecule has 0 saturated heterocycles. The number of benzene rings is 1. The van der Waals surface area contributed by atoms with Crippen LogP contribution in [0.2, 0.25) is 0 Å². The van der Waals surface area contributed by atoms with E-state index in [-0.39, 0.29) is 11.3 Å². The summed E-state index contributed by atoms with van der Waals surface area (Å²) in [5.74, 6) is -2.04. The molecule has 2 aromatic rings. The molecule has 1 aromatic carbocycles. The lowest BCUT2D eigenvalue weighted by Gasteiger charge is -2.14. The quantitative estimate of drug-likeness (QED) is 0.780. The van der Waals surface area contributed by atoms with Gasteiger partial charge in [0.15, 0.2) is 0 Å². The third-order valence-corrected chi connectivity index (χ3v) is 2.71. The summed E-state index contributed by atoms with van der Waals surface area (Å²) in [6.07, 6.45) is 1.32. The molecule has 0 amide bonds. The van der Waals surface area contributed by atoms with E-state index in [1.165, 1.54) is 43.5 Å². The molecule has 0 radical (unpaired) electrons. The number of hydrogen-bond acceptors (Lipinski definition) is 2. The fourth-order valence-electron chi connectivity index (χ4n) is 1.90. The molecule has 18 heavy (non-hydrogen) atoms. The zero-order valence-electron chi connectivity index (χ0n) is 9.73. The Bertz CT molecular complexity index is 566. The molecule has 2 rings (SSSR count). The largest absolute Gasteiger partial charge is 0.299 e. The lowest BCUT2D eigenvalue weighted by molar-refractivity contribution is -0.117. The lowest BCUT2D eigenvalue weighted by Crippen LogP contribution is -2.13. The second-order valence-electron chi connectivity index (χ2n) is 3.98. The summed E-state index contributed by atoms with van der Waals surface area (Å²) in [6.45, 7) is 1.38. The van der Waals surface area contributed by atoms with Crippen LogP contribution in [0.3, 0.4) is 0 Å². The van der Waals surface area contributed by atoms with Gasteiger partial charge in [-0.1, -0.05) is 18.2 Å². The van der Waals surface area contributed by atoms with Gasteiger partial charge < -0.3 is 0 Å². The van der Waals surface area contributed by atoms with Crippen LogP contribution < -0.4 is 0 Å². The molecular weight excluding hydrogens is 236 g/mol. The number of nitrogens with zero attached hydrogens (tertiary/aromatic N) is 1. The molecular formula is C14H11F2NO. The summed E-state index contributed by atoms with van der Waals surface area (Å²) in [6, 6.07) is 8.54. The number of hydrogen-bond donors (Lipinski definition) is 0. The molecule has 2 nitrogen and oxygen atoms in total. The topological polar surface area (TPSA) is 30.0 Å². The van der Waals surface area contributed by atoms with E-state index < -0.39 is 17.7 Å². The molecule has 0 aliphatic rings. The van der Waals surface area contributed by atoms with E-state index in [1.54, 1.807) is 6.07 Å². The zero-order chi connectivity index (χ0) is 13.1. The van der Waals surface area contributed by atoms with Crippen molar-refractivity contribution in [3.8, 4) is 0 Å². The number of rotatable bonds is 3. The van der Waals surface area contributed by atoms with Crippen LogP contribution in [0.5, 0.6) is 0 Å². The maximum atomic E-state index is 13.6. The average molecular weight is 247 g/mol. The third kappa shape index (κ3) is 2.42. The summed E-state index contributed by atoms with van der Waals surface area (Å²) < 4.78 is 26.5. The maximum Gasteiger partial charge on any atom is 0.217 e. The van der Waals surface area contributed by atoms with Gasteiger partial charge in [-0.15, -0.1) is 0 Å². The summed E-state index contributed by atoms with van der Waals surface area (Å²) in [5.41, 5.74) is 0.757. The van der Waals surface area contributed by atoms with Gasteiger partial charge in [0, 0.05) is 11.8 Å². The number of Topliss-reactive ketones (excluding diaryl/α,β-unsaturated/α-hetero) is 1. The van der Waals surface area contributed by atoms with E-state index in [1.807, 2.05) is 0 Å². The Hall–Kier alpha value is -2.10. The maximum absolute atomic E-state index is 13.6. The van der Waals surface area contributed by atoms with Crippen molar-refractivity contribution in [2.75, 3.05) is 0 Å². The summed E-state index contributed by atoms with van der Waals surface area (Å²) >= 11 is 0. The van der Waals surface area contributed by atoms with Gasteiger partial charge in [-0.2, -0.15) is 4.39 Å². The fourth-order valence-corrected chi connectivity index (χ4v) is 1.90. The second-order valence-corrected chi connectivity index (χ2v) is 3.98. The van der Waals surface area contributed by atoms with Crippen LogP contribution in [0, 0.1) is 11.8 Å². The van der Waals surface area contributed by atoms with Crippen molar-refractivity contribution >= 4 is 5.78 Å². The molecule has 1 heterocycles. The summed E-state index contributed by atoms with van der Waals surface area (Å²) in [7, 11) is 0. The first-order valence-corrected chi connectivity index (χ1v) is 5.46. The predicted molar refractivity (Wildman–Crippen MR) is 63.1 cm³/mol. The minimum absolute atomic E-state index is 0.205. The Morgan fingerprint density at radius 2 is 1.83 bits per heavy atom. The van der Waals surface area contributed by atoms with Gasteiger partial charge >= 0.3 is 0 Å². The van der Waals surface area contributed by atoms with Gasteiger partial charge in [-0.3, -0.25) is 4.79 Å². The van der Waals surface area contributed by atoms with Crippen molar-refractivity contribution in [3.05, 3.63) is 65.5 Å². The summed E-state index contributed by atoms with van der Waals surface area (Å²) in [5, 5.41) is 0. The monoisotopic (exact) mass is 247 g/mol. The molecule has 0 aliphatic heterocycles. The predicted octanol–water partition coefficient (Wildman–Crippen LogP) is 3.08. The van der Waals surface area contributed by atoms with Gasteiger partial charge in [-0.25, -0.2) is 9.37 Å². The van der Waals surface area contributed by atoms with E-state index in [4.69, 9.17) is 0 Å². The van der Waals surface area contributed by atoms with Crippen LogP contribution in [-0.4, -0.2) is 10.8 Å². The standard InChI is InChI=1S/C14H11F2NO/c1-9(18)13(10-4-6-11(15)7-5-10)12-3-2-8-17-14(12)16/h2-8,13H,1H3. The highest BCUT2D eigenvalue weighted by atomic mass is 19.1. The zero-order valence-corrected chi connectivity index (χ0v) is 9.73. The first kappa shape index (κ1) is 12.4. The molecule has 92 valence electrons. The highest BCUT2D eigenvalue weighted by Crippen LogP contribution is 2.26. The van der Waals surface area contributed by atoms with Crippen molar-refractivity contribution in [1.29, 1.82) is 0 Å². The van der Waals surface area contributed by atoms with E-state index in [9.17, 15) is 13.6 Å².